The molecule has 10 radical (unpaired) electrons. The Balaban J connectivity index is 0.000000568. The average Bonchev–Trinajstić information content (AvgIpc) is 3.48. The molecule has 1 heterocycles. The van der Waals surface area contributed by atoms with Gasteiger partial charge in [0.05, 0.1) is 5.52 Å². The van der Waals surface area contributed by atoms with Gasteiger partial charge in [0.15, 0.2) is 0 Å². The van der Waals surface area contributed by atoms with Gasteiger partial charge in [0.1, 0.15) is 0 Å². The fraction of sp³-hybridized carbons (Fsp3) is 0.296. The van der Waals surface area contributed by atoms with Crippen molar-refractivity contribution in [1.82, 2.24) is 15.2 Å². The van der Waals surface area contributed by atoms with Gasteiger partial charge in [0.2, 0.25) is 0 Å². The summed E-state index contributed by atoms with van der Waals surface area (Å²) in [5.41, 5.74) is 2.05. The predicted molar refractivity (Wildman–Crippen MR) is 137 cm³/mol. The zero-order chi connectivity index (χ0) is 22.6. The molecular formula is C27H33ClFeN4+2. The first kappa shape index (κ1) is 28.4. The number of halogens is 1. The van der Waals surface area contributed by atoms with Crippen LogP contribution in [0.4, 0.5) is 5.69 Å². The monoisotopic (exact) mass is 504 g/mol. The molecule has 2 aliphatic carbocycles. The molecule has 1 aromatic carbocycles. The van der Waals surface area contributed by atoms with E-state index < -0.39 is 0 Å². The van der Waals surface area contributed by atoms with Crippen LogP contribution in [-0.4, -0.2) is 50.2 Å². The summed E-state index contributed by atoms with van der Waals surface area (Å²) in [5.74, 6) is 2.82. The van der Waals surface area contributed by atoms with E-state index in [1.54, 1.807) is 0 Å². The molecule has 2 saturated carbocycles. The smallest absolute Gasteiger partial charge is 0.384 e. The van der Waals surface area contributed by atoms with Gasteiger partial charge in [-0.2, -0.15) is 0 Å². The third-order valence-electron chi connectivity index (χ3n) is 5.17. The number of rotatable bonds is 10. The van der Waals surface area contributed by atoms with Crippen LogP contribution in [0.15, 0.2) is 30.5 Å². The first-order valence-electron chi connectivity index (χ1n) is 11.2. The van der Waals surface area contributed by atoms with Crippen molar-refractivity contribution in [2.24, 2.45) is 0 Å². The molecular weight excluding hydrogens is 472 g/mol. The molecule has 0 amide bonds. The number of unbranched alkanes of at least 4 members (excludes halogenated alkanes) is 1. The molecule has 0 unspecified atom stereocenters. The van der Waals surface area contributed by atoms with Gasteiger partial charge < -0.3 is 15.5 Å². The Labute approximate surface area is 217 Å². The number of aromatic nitrogens is 1. The van der Waals surface area contributed by atoms with Crippen LogP contribution < -0.4 is 10.6 Å². The van der Waals surface area contributed by atoms with Crippen LogP contribution in [0, 0.1) is 63.2 Å². The van der Waals surface area contributed by atoms with Gasteiger partial charge in [0.25, 0.3) is 0 Å². The van der Waals surface area contributed by atoms with Gasteiger partial charge in [-0.3, -0.25) is 4.98 Å². The Hall–Kier alpha value is -0.841. The van der Waals surface area contributed by atoms with Crippen molar-refractivity contribution in [1.29, 1.82) is 0 Å². The third-order valence-corrected chi connectivity index (χ3v) is 5.40. The van der Waals surface area contributed by atoms with E-state index in [2.05, 4.69) is 53.9 Å². The number of fused-ring (bicyclic) bond motifs is 1. The van der Waals surface area contributed by atoms with Crippen molar-refractivity contribution in [2.45, 2.75) is 12.8 Å². The zero-order valence-corrected chi connectivity index (χ0v) is 21.2. The number of benzene rings is 1. The van der Waals surface area contributed by atoms with Crippen molar-refractivity contribution in [3.8, 4) is 0 Å². The number of hydrogen-bond donors (Lipinski definition) is 2. The Bertz CT molecular complexity index is 789. The largest absolute Gasteiger partial charge is 2.00 e. The second-order valence-corrected chi connectivity index (χ2v) is 8.54. The Morgan fingerprint density at radius 1 is 0.879 bits per heavy atom. The molecule has 0 aliphatic heterocycles. The Morgan fingerprint density at radius 3 is 2.30 bits per heavy atom. The van der Waals surface area contributed by atoms with E-state index >= 15 is 0 Å². The maximum absolute atomic E-state index is 6.05. The van der Waals surface area contributed by atoms with Gasteiger partial charge in [-0.05, 0) is 109 Å². The van der Waals surface area contributed by atoms with Crippen molar-refractivity contribution in [3.05, 3.63) is 98.7 Å². The molecule has 2 aromatic rings. The van der Waals surface area contributed by atoms with Crippen molar-refractivity contribution >= 4 is 28.2 Å². The minimum Gasteiger partial charge on any atom is -0.384 e. The van der Waals surface area contributed by atoms with E-state index in [-0.39, 0.29) is 17.1 Å². The maximum atomic E-state index is 6.05. The SMILES string of the molecule is CN(C)C[C]1[CH][CH][CH][C]1CNCCCCNc1ccnc2cc(Cl)ccc12.[CH]1[CH][CH][CH][CH]1.[Fe+2]. The minimum absolute atomic E-state index is 0. The van der Waals surface area contributed by atoms with Crippen molar-refractivity contribution in [2.75, 3.05) is 45.6 Å². The Morgan fingerprint density at radius 2 is 1.58 bits per heavy atom. The summed E-state index contributed by atoms with van der Waals surface area (Å²) in [6, 6.07) is 7.87. The van der Waals surface area contributed by atoms with Crippen molar-refractivity contribution < 1.29 is 17.1 Å². The van der Waals surface area contributed by atoms with Crippen molar-refractivity contribution in [3.63, 3.8) is 0 Å². The second-order valence-electron chi connectivity index (χ2n) is 8.11. The molecule has 2 aliphatic rings. The minimum atomic E-state index is 0. The van der Waals surface area contributed by atoms with E-state index in [4.69, 9.17) is 11.6 Å². The van der Waals surface area contributed by atoms with Gasteiger partial charge in [-0.25, -0.2) is 0 Å². The van der Waals surface area contributed by atoms with Gasteiger partial charge in [-0.1, -0.05) is 11.6 Å². The summed E-state index contributed by atoms with van der Waals surface area (Å²) in [4.78, 5) is 6.59. The first-order valence-corrected chi connectivity index (χ1v) is 11.5. The molecule has 2 N–H and O–H groups in total. The summed E-state index contributed by atoms with van der Waals surface area (Å²) < 4.78 is 0. The maximum Gasteiger partial charge on any atom is 2.00 e. The molecule has 0 spiro atoms. The molecule has 33 heavy (non-hydrogen) atoms. The van der Waals surface area contributed by atoms with Gasteiger partial charge in [-0.15, -0.1) is 0 Å². The van der Waals surface area contributed by atoms with Crippen LogP contribution in [0.3, 0.4) is 0 Å². The predicted octanol–water partition coefficient (Wildman–Crippen LogP) is 5.03. The van der Waals surface area contributed by atoms with E-state index in [0.29, 0.717) is 0 Å². The molecule has 0 atom stereocenters. The Kier molecular flexibility index (Phi) is 13.7. The summed E-state index contributed by atoms with van der Waals surface area (Å²) >= 11 is 6.05. The normalized spacial score (nSPS) is 16.6. The van der Waals surface area contributed by atoms with Gasteiger partial charge in [0, 0.05) is 53.8 Å². The zero-order valence-electron chi connectivity index (χ0n) is 19.4. The number of nitrogens with one attached hydrogen (secondary N) is 2. The quantitative estimate of drug-likeness (QED) is 0.352. The molecule has 0 saturated heterocycles. The van der Waals surface area contributed by atoms with Gasteiger partial charge >= 0.3 is 17.1 Å². The first-order chi connectivity index (χ1) is 15.6. The van der Waals surface area contributed by atoms with Crippen LogP contribution in [0.1, 0.15) is 12.8 Å². The molecule has 4 rings (SSSR count). The van der Waals surface area contributed by atoms with E-state index in [1.807, 2.05) is 62.6 Å². The molecule has 6 heteroatoms. The topological polar surface area (TPSA) is 40.2 Å². The van der Waals surface area contributed by atoms with E-state index in [1.165, 1.54) is 11.8 Å². The summed E-state index contributed by atoms with van der Waals surface area (Å²) in [7, 11) is 4.22. The molecule has 2 fully saturated rings. The van der Waals surface area contributed by atoms with Crippen LogP contribution in [0.5, 0.6) is 0 Å². The fourth-order valence-corrected chi connectivity index (χ4v) is 3.75. The summed E-state index contributed by atoms with van der Waals surface area (Å²) in [5, 5.41) is 8.93. The summed E-state index contributed by atoms with van der Waals surface area (Å²) in [6.45, 7) is 3.92. The number of pyridine rings is 1. The molecule has 1 aromatic heterocycles. The van der Waals surface area contributed by atoms with Crippen LogP contribution in [0.2, 0.25) is 5.02 Å². The fourth-order valence-electron chi connectivity index (χ4n) is 3.58. The van der Waals surface area contributed by atoms with Crippen LogP contribution >= 0.6 is 11.6 Å². The molecule has 0 bridgehead atoms. The molecule has 174 valence electrons. The third kappa shape index (κ3) is 10.1. The average molecular weight is 505 g/mol. The van der Waals surface area contributed by atoms with Crippen LogP contribution in [-0.2, 0) is 17.1 Å². The molecule has 4 nitrogen and oxygen atoms in total. The second kappa shape index (κ2) is 15.9. The van der Waals surface area contributed by atoms with Crippen LogP contribution in [0.25, 0.3) is 10.9 Å². The number of hydrogen-bond acceptors (Lipinski definition) is 4. The summed E-state index contributed by atoms with van der Waals surface area (Å²) in [6.07, 6.45) is 20.7. The number of anilines is 1. The number of nitrogens with zero attached hydrogens (tertiary/aromatic N) is 2. The standard InChI is InChI=1S/C22H28ClN4.C5H5.Fe/c1-27(2)16-18-7-5-6-17(18)15-24-11-3-4-12-25-21-10-13-26-22-14-19(23)8-9-20(21)22;1-2-4-5-3-1;/h5-10,13-14,24H,3-4,11-12,15-16H2,1-2H3,(H,25,26);1-5H;/q;;+2. The van der Waals surface area contributed by atoms with E-state index in [0.717, 1.165) is 60.6 Å². The van der Waals surface area contributed by atoms with E-state index in [9.17, 15) is 0 Å².